The second kappa shape index (κ2) is 7.43. The molecule has 0 saturated heterocycles. The van der Waals surface area contributed by atoms with E-state index in [1.54, 1.807) is 25.8 Å². The lowest BCUT2D eigenvalue weighted by atomic mass is 9.90. The van der Waals surface area contributed by atoms with E-state index in [0.29, 0.717) is 6.54 Å². The third-order valence-electron chi connectivity index (χ3n) is 4.06. The van der Waals surface area contributed by atoms with Crippen LogP contribution in [0.1, 0.15) is 44.7 Å². The lowest BCUT2D eigenvalue weighted by Gasteiger charge is -2.28. The molecule has 4 nitrogen and oxygen atoms in total. The first-order valence-electron chi connectivity index (χ1n) is 7.84. The van der Waals surface area contributed by atoms with Crippen molar-refractivity contribution in [1.29, 1.82) is 0 Å². The van der Waals surface area contributed by atoms with Gasteiger partial charge in [-0.3, -0.25) is 9.59 Å². The lowest BCUT2D eigenvalue weighted by Crippen LogP contribution is -2.46. The molecule has 1 aromatic rings. The molecule has 0 aliphatic carbocycles. The highest BCUT2D eigenvalue weighted by Gasteiger charge is 2.38. The van der Waals surface area contributed by atoms with E-state index in [1.807, 2.05) is 32.0 Å². The molecular formula is C18H28N2O2. The number of carbonyl (C=O) groups is 2. The van der Waals surface area contributed by atoms with Crippen LogP contribution < -0.4 is 5.32 Å². The number of anilines is 1. The fourth-order valence-corrected chi connectivity index (χ4v) is 2.18. The van der Waals surface area contributed by atoms with Gasteiger partial charge in [-0.25, -0.2) is 0 Å². The van der Waals surface area contributed by atoms with Gasteiger partial charge in [0, 0.05) is 19.3 Å². The Labute approximate surface area is 133 Å². The second-order valence-electron chi connectivity index (χ2n) is 6.46. The van der Waals surface area contributed by atoms with Crippen molar-refractivity contribution in [2.75, 3.05) is 18.9 Å². The molecule has 0 fully saturated rings. The van der Waals surface area contributed by atoms with Gasteiger partial charge in [0.1, 0.15) is 5.41 Å². The summed E-state index contributed by atoms with van der Waals surface area (Å²) in [6, 6.07) is 5.75. The fourth-order valence-electron chi connectivity index (χ4n) is 2.18. The van der Waals surface area contributed by atoms with Crippen molar-refractivity contribution < 1.29 is 9.59 Å². The average molecular weight is 304 g/mol. The van der Waals surface area contributed by atoms with Crippen LogP contribution in [0.15, 0.2) is 18.2 Å². The van der Waals surface area contributed by atoms with E-state index in [2.05, 4.69) is 12.2 Å². The van der Waals surface area contributed by atoms with Crippen LogP contribution in [0.5, 0.6) is 0 Å². The van der Waals surface area contributed by atoms with Gasteiger partial charge in [-0.2, -0.15) is 0 Å². The van der Waals surface area contributed by atoms with E-state index in [4.69, 9.17) is 0 Å². The molecule has 1 rings (SSSR count). The molecule has 22 heavy (non-hydrogen) atoms. The Morgan fingerprint density at radius 3 is 2.36 bits per heavy atom. The summed E-state index contributed by atoms with van der Waals surface area (Å²) in [5.41, 5.74) is 1.93. The molecule has 0 heterocycles. The summed E-state index contributed by atoms with van der Waals surface area (Å²) >= 11 is 0. The average Bonchev–Trinajstić information content (AvgIpc) is 2.47. The van der Waals surface area contributed by atoms with Crippen LogP contribution in [0.2, 0.25) is 0 Å². The number of hydrogen-bond acceptors (Lipinski definition) is 2. The topological polar surface area (TPSA) is 49.4 Å². The van der Waals surface area contributed by atoms with Crippen molar-refractivity contribution in [3.8, 4) is 0 Å². The maximum atomic E-state index is 12.5. The van der Waals surface area contributed by atoms with Crippen molar-refractivity contribution in [3.05, 3.63) is 29.3 Å². The van der Waals surface area contributed by atoms with Crippen molar-refractivity contribution in [2.24, 2.45) is 5.41 Å². The molecular weight excluding hydrogens is 276 g/mol. The first kappa shape index (κ1) is 18.2. The number of rotatable bonds is 6. The van der Waals surface area contributed by atoms with Gasteiger partial charge in [-0.05, 0) is 57.4 Å². The smallest absolute Gasteiger partial charge is 0.239 e. The molecule has 0 radical (unpaired) electrons. The van der Waals surface area contributed by atoms with Gasteiger partial charge >= 0.3 is 0 Å². The quantitative estimate of drug-likeness (QED) is 0.817. The molecule has 0 aliphatic heterocycles. The van der Waals surface area contributed by atoms with E-state index >= 15 is 0 Å². The van der Waals surface area contributed by atoms with Gasteiger partial charge in [0.25, 0.3) is 0 Å². The monoisotopic (exact) mass is 304 g/mol. The van der Waals surface area contributed by atoms with Crippen molar-refractivity contribution in [2.45, 2.75) is 47.5 Å². The number of nitrogens with one attached hydrogen (secondary N) is 1. The summed E-state index contributed by atoms with van der Waals surface area (Å²) < 4.78 is 0. The zero-order chi connectivity index (χ0) is 16.9. The third-order valence-corrected chi connectivity index (χ3v) is 4.06. The Kier molecular flexibility index (Phi) is 6.15. The van der Waals surface area contributed by atoms with Gasteiger partial charge in [-0.15, -0.1) is 0 Å². The normalized spacial score (nSPS) is 11.2. The molecule has 1 aromatic carbocycles. The van der Waals surface area contributed by atoms with Gasteiger partial charge in [0.05, 0.1) is 0 Å². The van der Waals surface area contributed by atoms with Crippen molar-refractivity contribution in [3.63, 3.8) is 0 Å². The second-order valence-corrected chi connectivity index (χ2v) is 6.46. The molecule has 0 saturated carbocycles. The largest absolute Gasteiger partial charge is 0.345 e. The Bertz CT molecular complexity index is 550. The summed E-state index contributed by atoms with van der Waals surface area (Å²) in [6.45, 7) is 10.1. The highest BCUT2D eigenvalue weighted by molar-refractivity contribution is 6.09. The number of aryl methyl sites for hydroxylation is 2. The van der Waals surface area contributed by atoms with E-state index in [1.165, 1.54) is 5.56 Å². The number of unbranched alkanes of at least 4 members (excludes halogenated alkanes) is 1. The van der Waals surface area contributed by atoms with Crippen LogP contribution in [0.25, 0.3) is 0 Å². The van der Waals surface area contributed by atoms with Crippen LogP contribution in [0.3, 0.4) is 0 Å². The van der Waals surface area contributed by atoms with E-state index in [-0.39, 0.29) is 11.8 Å². The first-order valence-corrected chi connectivity index (χ1v) is 7.84. The molecule has 0 bridgehead atoms. The molecule has 0 aromatic heterocycles. The minimum Gasteiger partial charge on any atom is -0.345 e. The van der Waals surface area contributed by atoms with E-state index < -0.39 is 5.41 Å². The summed E-state index contributed by atoms with van der Waals surface area (Å²) in [4.78, 5) is 26.6. The van der Waals surface area contributed by atoms with Crippen LogP contribution in [-0.4, -0.2) is 30.3 Å². The minimum atomic E-state index is -1.08. The summed E-state index contributed by atoms with van der Waals surface area (Å²) in [5.74, 6) is -0.425. The predicted molar refractivity (Wildman–Crippen MR) is 90.9 cm³/mol. The maximum absolute atomic E-state index is 12.5. The SMILES string of the molecule is CCCCN(C)C(=O)C(C)(C)C(=O)Nc1ccc(C)c(C)c1. The number of carbonyl (C=O) groups excluding carboxylic acids is 2. The molecule has 4 heteroatoms. The number of benzene rings is 1. The third kappa shape index (κ3) is 4.33. The molecule has 122 valence electrons. The number of hydrogen-bond donors (Lipinski definition) is 1. The van der Waals surface area contributed by atoms with Crippen LogP contribution in [-0.2, 0) is 9.59 Å². The van der Waals surface area contributed by atoms with Gasteiger partial charge in [0.2, 0.25) is 11.8 Å². The summed E-state index contributed by atoms with van der Waals surface area (Å²) in [6.07, 6.45) is 1.96. The van der Waals surface area contributed by atoms with Gasteiger partial charge in [-0.1, -0.05) is 19.4 Å². The van der Waals surface area contributed by atoms with Crippen molar-refractivity contribution in [1.82, 2.24) is 4.90 Å². The molecule has 0 unspecified atom stereocenters. The summed E-state index contributed by atoms with van der Waals surface area (Å²) in [7, 11) is 1.75. The number of nitrogens with zero attached hydrogens (tertiary/aromatic N) is 1. The standard InChI is InChI=1S/C18H28N2O2/c1-7-8-11-20(6)17(22)18(4,5)16(21)19-15-10-9-13(2)14(3)12-15/h9-10,12H,7-8,11H2,1-6H3,(H,19,21). The maximum Gasteiger partial charge on any atom is 0.239 e. The van der Waals surface area contributed by atoms with Gasteiger partial charge < -0.3 is 10.2 Å². The highest BCUT2D eigenvalue weighted by Crippen LogP contribution is 2.22. The molecule has 2 amide bonds. The molecule has 0 spiro atoms. The molecule has 0 aliphatic rings. The van der Waals surface area contributed by atoms with Crippen LogP contribution >= 0.6 is 0 Å². The van der Waals surface area contributed by atoms with Gasteiger partial charge in [0.15, 0.2) is 0 Å². The minimum absolute atomic E-state index is 0.151. The van der Waals surface area contributed by atoms with E-state index in [0.717, 1.165) is 24.1 Å². The highest BCUT2D eigenvalue weighted by atomic mass is 16.2. The first-order chi connectivity index (χ1) is 10.2. The molecule has 1 N–H and O–H groups in total. The van der Waals surface area contributed by atoms with Crippen LogP contribution in [0.4, 0.5) is 5.69 Å². The Balaban J connectivity index is 2.80. The number of amides is 2. The van der Waals surface area contributed by atoms with E-state index in [9.17, 15) is 9.59 Å². The Morgan fingerprint density at radius 1 is 1.18 bits per heavy atom. The van der Waals surface area contributed by atoms with Crippen LogP contribution in [0, 0.1) is 19.3 Å². The predicted octanol–water partition coefficient (Wildman–Crippen LogP) is 3.53. The summed E-state index contributed by atoms with van der Waals surface area (Å²) in [5, 5.41) is 2.86. The Morgan fingerprint density at radius 2 is 1.82 bits per heavy atom. The Hall–Kier alpha value is -1.84. The molecule has 0 atom stereocenters. The zero-order valence-corrected chi connectivity index (χ0v) is 14.6. The zero-order valence-electron chi connectivity index (χ0n) is 14.6. The lowest BCUT2D eigenvalue weighted by molar-refractivity contribution is -0.145. The van der Waals surface area contributed by atoms with Crippen molar-refractivity contribution >= 4 is 17.5 Å². The fraction of sp³-hybridized carbons (Fsp3) is 0.556.